The fourth-order valence-electron chi connectivity index (χ4n) is 3.47. The summed E-state index contributed by atoms with van der Waals surface area (Å²) in [6.07, 6.45) is 7.92. The summed E-state index contributed by atoms with van der Waals surface area (Å²) in [6, 6.07) is 13.7. The summed E-state index contributed by atoms with van der Waals surface area (Å²) in [4.78, 5) is 19.3. The van der Waals surface area contributed by atoms with E-state index in [0.717, 1.165) is 12.0 Å². The van der Waals surface area contributed by atoms with Crippen LogP contribution in [0.5, 0.6) is 11.5 Å². The largest absolute Gasteiger partial charge is 0.453 e. The molecule has 6 heteroatoms. The van der Waals surface area contributed by atoms with Crippen molar-refractivity contribution >= 4 is 5.84 Å². The Kier molecular flexibility index (Phi) is 5.96. The van der Waals surface area contributed by atoms with Crippen LogP contribution in [0.2, 0.25) is 0 Å². The lowest BCUT2D eigenvalue weighted by Crippen LogP contribution is -2.37. The third-order valence-corrected chi connectivity index (χ3v) is 5.04. The number of benzene rings is 2. The van der Waals surface area contributed by atoms with Crippen LogP contribution in [0.4, 0.5) is 0 Å². The van der Waals surface area contributed by atoms with Crippen molar-refractivity contribution in [2.24, 2.45) is 4.99 Å². The van der Waals surface area contributed by atoms with Gasteiger partial charge in [0.15, 0.2) is 17.3 Å². The van der Waals surface area contributed by atoms with Crippen LogP contribution in [-0.2, 0) is 11.3 Å². The van der Waals surface area contributed by atoms with Gasteiger partial charge in [0.2, 0.25) is 0 Å². The molecule has 0 fully saturated rings. The van der Waals surface area contributed by atoms with E-state index < -0.39 is 0 Å². The molecule has 1 N–H and O–H groups in total. The number of aryl methyl sites for hydroxylation is 3. The van der Waals surface area contributed by atoms with Gasteiger partial charge in [-0.15, -0.1) is 6.42 Å². The van der Waals surface area contributed by atoms with E-state index in [4.69, 9.17) is 21.0 Å². The maximum Gasteiger partial charge on any atom is 0.175 e. The molecule has 1 atom stereocenters. The van der Waals surface area contributed by atoms with Gasteiger partial charge < -0.3 is 4.74 Å². The maximum atomic E-state index is 6.05. The van der Waals surface area contributed by atoms with Gasteiger partial charge in [-0.1, -0.05) is 35.7 Å². The van der Waals surface area contributed by atoms with E-state index in [1.165, 1.54) is 16.7 Å². The summed E-state index contributed by atoms with van der Waals surface area (Å²) in [5, 5.41) is 0. The van der Waals surface area contributed by atoms with Gasteiger partial charge in [-0.3, -0.25) is 9.83 Å². The topological polar surface area (TPSA) is 68.6 Å². The molecule has 2 heterocycles. The number of nitrogens with one attached hydrogen (secondary N) is 1. The van der Waals surface area contributed by atoms with E-state index in [1.54, 1.807) is 12.3 Å². The third-order valence-electron chi connectivity index (χ3n) is 5.04. The third kappa shape index (κ3) is 4.90. The second kappa shape index (κ2) is 8.99. The van der Waals surface area contributed by atoms with Crippen molar-refractivity contribution in [3.8, 4) is 23.8 Å². The molecule has 3 aromatic rings. The molecule has 0 saturated heterocycles. The average molecular weight is 412 g/mol. The highest BCUT2D eigenvalue weighted by Crippen LogP contribution is 2.26. The summed E-state index contributed by atoms with van der Waals surface area (Å²) >= 11 is 0. The Hall–Kier alpha value is -3.69. The summed E-state index contributed by atoms with van der Waals surface area (Å²) in [7, 11) is 0. The Balaban J connectivity index is 1.63. The molecule has 0 unspecified atom stereocenters. The van der Waals surface area contributed by atoms with E-state index in [1.807, 2.05) is 25.1 Å². The van der Waals surface area contributed by atoms with Crippen LogP contribution in [0.15, 0.2) is 53.7 Å². The fourth-order valence-corrected chi connectivity index (χ4v) is 3.47. The Morgan fingerprint density at radius 2 is 2.06 bits per heavy atom. The van der Waals surface area contributed by atoms with E-state index in [-0.39, 0.29) is 6.04 Å². The monoisotopic (exact) mass is 412 g/mol. The zero-order chi connectivity index (χ0) is 21.8. The predicted octanol–water partition coefficient (Wildman–Crippen LogP) is 4.07. The van der Waals surface area contributed by atoms with Gasteiger partial charge in [-0.2, -0.15) is 0 Å². The van der Waals surface area contributed by atoms with Crippen molar-refractivity contribution in [2.45, 2.75) is 33.2 Å². The first-order chi connectivity index (χ1) is 15.0. The minimum Gasteiger partial charge on any atom is -0.453 e. The van der Waals surface area contributed by atoms with Crippen molar-refractivity contribution in [1.29, 1.82) is 0 Å². The minimum absolute atomic E-state index is 0.0365. The first-order valence-electron chi connectivity index (χ1n) is 10.1. The van der Waals surface area contributed by atoms with Crippen LogP contribution in [0.25, 0.3) is 0 Å². The molecule has 0 bridgehead atoms. The van der Waals surface area contributed by atoms with Crippen molar-refractivity contribution in [1.82, 2.24) is 15.4 Å². The number of aliphatic imine (C=N–C) groups is 1. The van der Waals surface area contributed by atoms with Gasteiger partial charge in [0, 0.05) is 5.56 Å². The molecule has 0 aliphatic carbocycles. The summed E-state index contributed by atoms with van der Waals surface area (Å²) in [6.45, 7) is 6.52. The Bertz CT molecular complexity index is 1180. The van der Waals surface area contributed by atoms with E-state index in [0.29, 0.717) is 35.5 Å². The lowest BCUT2D eigenvalue weighted by molar-refractivity contribution is 0.0621. The molecule has 31 heavy (non-hydrogen) atoms. The first kappa shape index (κ1) is 20.6. The minimum atomic E-state index is -0.0365. The molecular weight excluding hydrogens is 388 g/mol. The predicted molar refractivity (Wildman–Crippen MR) is 120 cm³/mol. The van der Waals surface area contributed by atoms with E-state index in [9.17, 15) is 0 Å². The molecule has 0 saturated carbocycles. The Morgan fingerprint density at radius 3 is 2.87 bits per heavy atom. The smallest absolute Gasteiger partial charge is 0.175 e. The normalized spacial score (nSPS) is 15.5. The molecule has 1 aliphatic rings. The fraction of sp³-hybridized carbons (Fsp3) is 0.240. The van der Waals surface area contributed by atoms with Crippen LogP contribution in [-0.4, -0.2) is 28.5 Å². The van der Waals surface area contributed by atoms with Gasteiger partial charge in [-0.25, -0.2) is 15.4 Å². The average Bonchev–Trinajstić information content (AvgIpc) is 2.77. The number of amidine groups is 1. The summed E-state index contributed by atoms with van der Waals surface area (Å²) in [5.74, 6) is 4.82. The van der Waals surface area contributed by atoms with Gasteiger partial charge in [0.25, 0.3) is 0 Å². The first-order valence-corrected chi connectivity index (χ1v) is 10.1. The second-order valence-corrected chi connectivity index (χ2v) is 7.58. The number of hydrogen-bond acceptors (Lipinski definition) is 6. The van der Waals surface area contributed by atoms with Crippen LogP contribution in [0.1, 0.15) is 33.8 Å². The zero-order valence-corrected chi connectivity index (χ0v) is 17.8. The van der Waals surface area contributed by atoms with Crippen molar-refractivity contribution in [3.63, 3.8) is 0 Å². The van der Waals surface area contributed by atoms with Crippen LogP contribution in [0.3, 0.4) is 0 Å². The molecule has 0 spiro atoms. The number of hydroxylamine groups is 1. The number of terminal acetylenes is 1. The highest BCUT2D eigenvalue weighted by molar-refractivity contribution is 5.99. The summed E-state index contributed by atoms with van der Waals surface area (Å²) < 4.78 is 6.05. The highest BCUT2D eigenvalue weighted by Gasteiger charge is 2.22. The molecule has 6 nitrogen and oxygen atoms in total. The molecule has 4 rings (SSSR count). The standard InChI is InChI=1S/C25H24N4O2/c1-5-19-7-6-8-22(12-19)31-23-14-26-18(4)27-24(23)25-28-21(15-30-29-25)13-20-10-9-16(2)11-17(20)3/h1,6-12,14,21H,13,15H2,2-4H3,(H,28,29)/t21-/m1/s1. The number of ether oxygens (including phenoxy) is 1. The lowest BCUT2D eigenvalue weighted by Gasteiger charge is -2.23. The number of nitrogens with zero attached hydrogens (tertiary/aromatic N) is 3. The highest BCUT2D eigenvalue weighted by atomic mass is 16.6. The van der Waals surface area contributed by atoms with Crippen molar-refractivity contribution in [2.75, 3.05) is 6.61 Å². The number of hydrogen-bond donors (Lipinski definition) is 1. The zero-order valence-electron chi connectivity index (χ0n) is 17.8. The molecule has 1 aliphatic heterocycles. The van der Waals surface area contributed by atoms with Crippen LogP contribution in [0, 0.1) is 33.1 Å². The summed E-state index contributed by atoms with van der Waals surface area (Å²) in [5.41, 5.74) is 7.94. The number of rotatable bonds is 5. The molecule has 1 aromatic heterocycles. The molecule has 0 amide bonds. The van der Waals surface area contributed by atoms with Crippen molar-refractivity contribution in [3.05, 3.63) is 82.4 Å². The second-order valence-electron chi connectivity index (χ2n) is 7.58. The molecule has 156 valence electrons. The van der Waals surface area contributed by atoms with Gasteiger partial charge >= 0.3 is 0 Å². The van der Waals surface area contributed by atoms with E-state index in [2.05, 4.69) is 53.4 Å². The Morgan fingerprint density at radius 1 is 1.19 bits per heavy atom. The quantitative estimate of drug-likeness (QED) is 0.640. The molecule has 0 radical (unpaired) electrons. The maximum absolute atomic E-state index is 6.05. The SMILES string of the molecule is C#Cc1cccc(Oc2cnc(C)nc2C2=N[C@H](Cc3ccc(C)cc3C)CON2)c1. The van der Waals surface area contributed by atoms with Crippen molar-refractivity contribution < 1.29 is 9.57 Å². The van der Waals surface area contributed by atoms with E-state index >= 15 is 0 Å². The van der Waals surface area contributed by atoms with Crippen LogP contribution >= 0.6 is 0 Å². The van der Waals surface area contributed by atoms with Gasteiger partial charge in [0.05, 0.1) is 18.8 Å². The van der Waals surface area contributed by atoms with Gasteiger partial charge in [0.1, 0.15) is 11.6 Å². The Labute approximate surface area is 182 Å². The van der Waals surface area contributed by atoms with Gasteiger partial charge in [-0.05, 0) is 56.5 Å². The molecule has 2 aromatic carbocycles. The number of aromatic nitrogens is 2. The lowest BCUT2D eigenvalue weighted by atomic mass is 9.99. The van der Waals surface area contributed by atoms with Crippen LogP contribution < -0.4 is 10.2 Å². The molecular formula is C25H24N4O2.